The van der Waals surface area contributed by atoms with E-state index in [0.717, 1.165) is 6.42 Å². The van der Waals surface area contributed by atoms with Crippen LogP contribution in [0.15, 0.2) is 0 Å². The molecule has 0 aliphatic heterocycles. The molecule has 3 heteroatoms. The number of nitrogens with two attached hydrogens (primary N) is 1. The lowest BCUT2D eigenvalue weighted by atomic mass is 10.0. The molecule has 3 unspecified atom stereocenters. The van der Waals surface area contributed by atoms with Crippen molar-refractivity contribution >= 4 is 0 Å². The Bertz CT molecular complexity index is 130. The minimum absolute atomic E-state index is 0.314. The Kier molecular flexibility index (Phi) is 3.98. The van der Waals surface area contributed by atoms with Crippen LogP contribution >= 0.6 is 0 Å². The largest absolute Gasteiger partial charge is 0.396 e. The molecule has 0 aromatic heterocycles. The zero-order chi connectivity index (χ0) is 8.97. The second-order valence-corrected chi connectivity index (χ2v) is 3.78. The first kappa shape index (κ1) is 9.96. The maximum Gasteiger partial charge on any atom is 0.0474 e. The molecule has 0 aromatic carbocycles. The lowest BCUT2D eigenvalue weighted by Gasteiger charge is -2.22. The van der Waals surface area contributed by atoms with Crippen molar-refractivity contribution in [2.45, 2.75) is 38.3 Å². The lowest BCUT2D eigenvalue weighted by Crippen LogP contribution is -2.43. The van der Waals surface area contributed by atoms with Gasteiger partial charge in [0.2, 0.25) is 0 Å². The molecule has 0 radical (unpaired) electrons. The first-order chi connectivity index (χ1) is 5.77. The molecule has 12 heavy (non-hydrogen) atoms. The number of rotatable bonds is 4. The molecular weight excluding hydrogens is 152 g/mol. The number of aliphatic hydroxyl groups is 1. The second kappa shape index (κ2) is 4.80. The highest BCUT2D eigenvalue weighted by Gasteiger charge is 2.26. The number of hydrogen-bond acceptors (Lipinski definition) is 3. The quantitative estimate of drug-likeness (QED) is 0.563. The third kappa shape index (κ3) is 2.44. The third-order valence-corrected chi connectivity index (χ3v) is 2.75. The molecule has 0 bridgehead atoms. The molecule has 1 aliphatic rings. The molecule has 3 atom stereocenters. The Morgan fingerprint density at radius 2 is 2.33 bits per heavy atom. The molecule has 1 aliphatic carbocycles. The van der Waals surface area contributed by atoms with Gasteiger partial charge < -0.3 is 16.2 Å². The summed E-state index contributed by atoms with van der Waals surface area (Å²) in [5.41, 5.74) is 5.51. The Morgan fingerprint density at radius 1 is 1.58 bits per heavy atom. The number of hydrogen-bond donors (Lipinski definition) is 3. The van der Waals surface area contributed by atoms with E-state index < -0.39 is 0 Å². The summed E-state index contributed by atoms with van der Waals surface area (Å²) in [4.78, 5) is 0. The van der Waals surface area contributed by atoms with Crippen molar-refractivity contribution in [3.63, 3.8) is 0 Å². The predicted octanol–water partition coefficient (Wildman–Crippen LogP) is 0.0842. The summed E-state index contributed by atoms with van der Waals surface area (Å²) in [6, 6.07) is 0.871. The van der Waals surface area contributed by atoms with Gasteiger partial charge in [-0.1, -0.05) is 6.42 Å². The van der Waals surface area contributed by atoms with Crippen LogP contribution in [-0.4, -0.2) is 30.3 Å². The van der Waals surface area contributed by atoms with E-state index in [1.54, 1.807) is 0 Å². The summed E-state index contributed by atoms with van der Waals surface area (Å²) in [6.07, 6.45) is 3.58. The first-order valence-electron chi connectivity index (χ1n) is 4.85. The van der Waals surface area contributed by atoms with Crippen LogP contribution in [0.4, 0.5) is 0 Å². The van der Waals surface area contributed by atoms with Crippen LogP contribution in [0.2, 0.25) is 0 Å². The van der Waals surface area contributed by atoms with Crippen LogP contribution in [-0.2, 0) is 0 Å². The van der Waals surface area contributed by atoms with Gasteiger partial charge in [-0.05, 0) is 25.7 Å². The first-order valence-corrected chi connectivity index (χ1v) is 4.85. The van der Waals surface area contributed by atoms with Crippen LogP contribution < -0.4 is 11.1 Å². The fraction of sp³-hybridized carbons (Fsp3) is 1.00. The SMILES string of the molecule is CC(CN)NC1CCCC1CO. The molecule has 0 aromatic rings. The molecule has 0 spiro atoms. The van der Waals surface area contributed by atoms with E-state index in [0.29, 0.717) is 31.2 Å². The van der Waals surface area contributed by atoms with Crippen LogP contribution in [0, 0.1) is 5.92 Å². The molecule has 4 N–H and O–H groups in total. The van der Waals surface area contributed by atoms with Gasteiger partial charge in [0.25, 0.3) is 0 Å². The molecule has 0 amide bonds. The van der Waals surface area contributed by atoms with Gasteiger partial charge in [0, 0.05) is 25.2 Å². The minimum Gasteiger partial charge on any atom is -0.396 e. The van der Waals surface area contributed by atoms with Crippen LogP contribution in [0.3, 0.4) is 0 Å². The van der Waals surface area contributed by atoms with Gasteiger partial charge in [0.1, 0.15) is 0 Å². The van der Waals surface area contributed by atoms with Crippen molar-refractivity contribution in [2.75, 3.05) is 13.2 Å². The zero-order valence-corrected chi connectivity index (χ0v) is 7.79. The standard InChI is InChI=1S/C9H20N2O/c1-7(5-10)11-9-4-2-3-8(9)6-12/h7-9,11-12H,2-6,10H2,1H3. The highest BCUT2D eigenvalue weighted by atomic mass is 16.3. The maximum absolute atomic E-state index is 9.05. The third-order valence-electron chi connectivity index (χ3n) is 2.75. The van der Waals surface area contributed by atoms with Crippen molar-refractivity contribution in [3.8, 4) is 0 Å². The Morgan fingerprint density at radius 3 is 2.92 bits per heavy atom. The van der Waals surface area contributed by atoms with Gasteiger partial charge in [-0.3, -0.25) is 0 Å². The molecule has 0 heterocycles. The second-order valence-electron chi connectivity index (χ2n) is 3.78. The minimum atomic E-state index is 0.314. The van der Waals surface area contributed by atoms with Crippen molar-refractivity contribution in [2.24, 2.45) is 11.7 Å². The van der Waals surface area contributed by atoms with E-state index in [4.69, 9.17) is 10.8 Å². The van der Waals surface area contributed by atoms with E-state index in [2.05, 4.69) is 12.2 Å². The van der Waals surface area contributed by atoms with E-state index in [-0.39, 0.29) is 0 Å². The fourth-order valence-corrected chi connectivity index (χ4v) is 1.91. The van der Waals surface area contributed by atoms with Crippen LogP contribution in [0.5, 0.6) is 0 Å². The number of aliphatic hydroxyl groups excluding tert-OH is 1. The lowest BCUT2D eigenvalue weighted by molar-refractivity contribution is 0.201. The Hall–Kier alpha value is -0.120. The van der Waals surface area contributed by atoms with Gasteiger partial charge in [0.15, 0.2) is 0 Å². The summed E-state index contributed by atoms with van der Waals surface area (Å²) >= 11 is 0. The summed E-state index contributed by atoms with van der Waals surface area (Å²) in [5, 5.41) is 12.5. The van der Waals surface area contributed by atoms with Crippen molar-refractivity contribution in [1.82, 2.24) is 5.32 Å². The van der Waals surface area contributed by atoms with Gasteiger partial charge in [-0.25, -0.2) is 0 Å². The summed E-state index contributed by atoms with van der Waals surface area (Å²) < 4.78 is 0. The monoisotopic (exact) mass is 172 g/mol. The predicted molar refractivity (Wildman–Crippen MR) is 49.9 cm³/mol. The van der Waals surface area contributed by atoms with Gasteiger partial charge >= 0.3 is 0 Å². The highest BCUT2D eigenvalue weighted by Crippen LogP contribution is 2.25. The number of nitrogens with one attached hydrogen (secondary N) is 1. The summed E-state index contributed by atoms with van der Waals surface area (Å²) in [5.74, 6) is 0.457. The molecule has 1 rings (SSSR count). The average Bonchev–Trinajstić information content (AvgIpc) is 2.51. The molecule has 0 saturated heterocycles. The summed E-state index contributed by atoms with van der Waals surface area (Å²) in [6.45, 7) is 3.08. The van der Waals surface area contributed by atoms with Crippen molar-refractivity contribution in [1.29, 1.82) is 0 Å². The molecule has 3 nitrogen and oxygen atoms in total. The van der Waals surface area contributed by atoms with Crippen LogP contribution in [0.1, 0.15) is 26.2 Å². The highest BCUT2D eigenvalue weighted by molar-refractivity contribution is 4.84. The zero-order valence-electron chi connectivity index (χ0n) is 7.79. The topological polar surface area (TPSA) is 58.3 Å². The van der Waals surface area contributed by atoms with Crippen molar-refractivity contribution in [3.05, 3.63) is 0 Å². The van der Waals surface area contributed by atoms with Gasteiger partial charge in [-0.2, -0.15) is 0 Å². The Balaban J connectivity index is 2.30. The van der Waals surface area contributed by atoms with Crippen molar-refractivity contribution < 1.29 is 5.11 Å². The van der Waals surface area contributed by atoms with E-state index in [1.807, 2.05) is 0 Å². The average molecular weight is 172 g/mol. The van der Waals surface area contributed by atoms with E-state index >= 15 is 0 Å². The smallest absolute Gasteiger partial charge is 0.0474 e. The molecule has 1 saturated carbocycles. The van der Waals surface area contributed by atoms with Gasteiger partial charge in [0.05, 0.1) is 0 Å². The van der Waals surface area contributed by atoms with E-state index in [1.165, 1.54) is 12.8 Å². The fourth-order valence-electron chi connectivity index (χ4n) is 1.91. The molecule has 1 fully saturated rings. The van der Waals surface area contributed by atoms with Gasteiger partial charge in [-0.15, -0.1) is 0 Å². The molecule has 72 valence electrons. The summed E-state index contributed by atoms with van der Waals surface area (Å²) in [7, 11) is 0. The molecular formula is C9H20N2O. The van der Waals surface area contributed by atoms with Crippen LogP contribution in [0.25, 0.3) is 0 Å². The maximum atomic E-state index is 9.05. The normalized spacial score (nSPS) is 32.2. The van der Waals surface area contributed by atoms with E-state index in [9.17, 15) is 0 Å². The Labute approximate surface area is 74.3 Å².